The number of hydrogen-bond acceptors (Lipinski definition) is 4. The van der Waals surface area contributed by atoms with Crippen LogP contribution in [0.1, 0.15) is 40.7 Å². The van der Waals surface area contributed by atoms with Crippen molar-refractivity contribution in [2.75, 3.05) is 5.75 Å². The van der Waals surface area contributed by atoms with Crippen LogP contribution in [0.5, 0.6) is 0 Å². The molecule has 0 saturated carbocycles. The molecule has 5 nitrogen and oxygen atoms in total. The molecular weight excluding hydrogens is 413 g/mol. The lowest BCUT2D eigenvalue weighted by atomic mass is 10.1. The van der Waals surface area contributed by atoms with Crippen molar-refractivity contribution in [3.63, 3.8) is 0 Å². The van der Waals surface area contributed by atoms with Crippen LogP contribution < -0.4 is 5.32 Å². The highest BCUT2D eigenvalue weighted by atomic mass is 32.2. The third-order valence-electron chi connectivity index (χ3n) is 4.28. The molecule has 0 spiro atoms. The van der Waals surface area contributed by atoms with Gasteiger partial charge in [-0.1, -0.05) is 43.0 Å². The van der Waals surface area contributed by atoms with Gasteiger partial charge >= 0.3 is 6.18 Å². The molecule has 3 aromatic rings. The van der Waals surface area contributed by atoms with Crippen LogP contribution in [0.15, 0.2) is 53.7 Å². The molecule has 0 unspecified atom stereocenters. The number of rotatable bonds is 7. The smallest absolute Gasteiger partial charge is 0.345 e. The van der Waals surface area contributed by atoms with Crippen LogP contribution in [-0.2, 0) is 12.7 Å². The molecule has 0 atom stereocenters. The fourth-order valence-corrected chi connectivity index (χ4v) is 3.74. The molecule has 0 aliphatic heterocycles. The Bertz CT molecular complexity index is 1030. The second-order valence-electron chi connectivity index (χ2n) is 6.65. The van der Waals surface area contributed by atoms with Crippen molar-refractivity contribution in [1.82, 2.24) is 20.1 Å². The van der Waals surface area contributed by atoms with Crippen molar-refractivity contribution in [3.05, 3.63) is 71.0 Å². The van der Waals surface area contributed by atoms with E-state index in [0.717, 1.165) is 35.6 Å². The Morgan fingerprint density at radius 1 is 1.13 bits per heavy atom. The summed E-state index contributed by atoms with van der Waals surface area (Å²) in [5.41, 5.74) is 0.481. The van der Waals surface area contributed by atoms with E-state index in [2.05, 4.69) is 22.4 Å². The van der Waals surface area contributed by atoms with E-state index >= 15 is 0 Å². The van der Waals surface area contributed by atoms with Crippen molar-refractivity contribution >= 4 is 17.7 Å². The SMILES string of the molecule is CCCSc1nnc(CNC(=O)c2ccccc2C(F)(F)F)n1-c1cccc(C)c1. The summed E-state index contributed by atoms with van der Waals surface area (Å²) in [6.45, 7) is 3.96. The predicted molar refractivity (Wildman–Crippen MR) is 110 cm³/mol. The molecule has 1 N–H and O–H groups in total. The van der Waals surface area contributed by atoms with Crippen molar-refractivity contribution in [3.8, 4) is 5.69 Å². The van der Waals surface area contributed by atoms with Gasteiger partial charge in [-0.2, -0.15) is 13.2 Å². The highest BCUT2D eigenvalue weighted by Gasteiger charge is 2.34. The maximum atomic E-state index is 13.2. The Morgan fingerprint density at radius 2 is 1.90 bits per heavy atom. The van der Waals surface area contributed by atoms with E-state index < -0.39 is 23.2 Å². The predicted octanol–water partition coefficient (Wildman–Crippen LogP) is 5.03. The van der Waals surface area contributed by atoms with Gasteiger partial charge in [-0.05, 0) is 43.2 Å². The molecule has 1 amide bonds. The minimum absolute atomic E-state index is 0.0569. The topological polar surface area (TPSA) is 59.8 Å². The Hall–Kier alpha value is -2.81. The van der Waals surface area contributed by atoms with Gasteiger partial charge in [0.15, 0.2) is 11.0 Å². The molecule has 3 rings (SSSR count). The number of alkyl halides is 3. The zero-order chi connectivity index (χ0) is 21.7. The summed E-state index contributed by atoms with van der Waals surface area (Å²) in [4.78, 5) is 12.5. The number of benzene rings is 2. The van der Waals surface area contributed by atoms with Crippen LogP contribution in [0.2, 0.25) is 0 Å². The fourth-order valence-electron chi connectivity index (χ4n) is 2.91. The molecule has 1 aromatic heterocycles. The Kier molecular flexibility index (Phi) is 6.81. The summed E-state index contributed by atoms with van der Waals surface area (Å²) in [6, 6.07) is 12.4. The second kappa shape index (κ2) is 9.34. The first kappa shape index (κ1) is 21.9. The summed E-state index contributed by atoms with van der Waals surface area (Å²) in [6.07, 6.45) is -3.66. The average Bonchev–Trinajstić information content (AvgIpc) is 3.12. The van der Waals surface area contributed by atoms with Gasteiger partial charge in [0, 0.05) is 11.4 Å². The first-order valence-electron chi connectivity index (χ1n) is 9.39. The Morgan fingerprint density at radius 3 is 2.60 bits per heavy atom. The number of amides is 1. The summed E-state index contributed by atoms with van der Waals surface area (Å²) in [5.74, 6) is 0.469. The average molecular weight is 434 g/mol. The lowest BCUT2D eigenvalue weighted by molar-refractivity contribution is -0.137. The van der Waals surface area contributed by atoms with Gasteiger partial charge < -0.3 is 5.32 Å². The Balaban J connectivity index is 1.87. The van der Waals surface area contributed by atoms with Gasteiger partial charge in [-0.25, -0.2) is 0 Å². The number of thioether (sulfide) groups is 1. The first-order valence-corrected chi connectivity index (χ1v) is 10.4. The van der Waals surface area contributed by atoms with Crippen LogP contribution in [0.25, 0.3) is 5.69 Å². The van der Waals surface area contributed by atoms with Crippen molar-refractivity contribution < 1.29 is 18.0 Å². The lowest BCUT2D eigenvalue weighted by Crippen LogP contribution is -2.27. The minimum atomic E-state index is -4.61. The molecule has 0 aliphatic carbocycles. The van der Waals surface area contributed by atoms with Gasteiger partial charge in [-0.3, -0.25) is 9.36 Å². The summed E-state index contributed by atoms with van der Waals surface area (Å²) >= 11 is 1.53. The van der Waals surface area contributed by atoms with Crippen molar-refractivity contribution in [2.45, 2.75) is 38.1 Å². The summed E-state index contributed by atoms with van der Waals surface area (Å²) < 4.78 is 41.4. The number of nitrogens with one attached hydrogen (secondary N) is 1. The fraction of sp³-hybridized carbons (Fsp3) is 0.286. The van der Waals surface area contributed by atoms with Gasteiger partial charge in [0.25, 0.3) is 5.91 Å². The molecule has 0 bridgehead atoms. The van der Waals surface area contributed by atoms with Crippen LogP contribution in [0.3, 0.4) is 0 Å². The Labute approximate surface area is 176 Å². The van der Waals surface area contributed by atoms with Crippen LogP contribution in [0, 0.1) is 6.92 Å². The molecule has 1 heterocycles. The third kappa shape index (κ3) is 5.02. The number of carbonyl (C=O) groups excluding carboxylic acids is 1. The first-order chi connectivity index (χ1) is 14.3. The molecule has 0 fully saturated rings. The quantitative estimate of drug-likeness (QED) is 0.530. The maximum absolute atomic E-state index is 13.2. The van der Waals surface area contributed by atoms with Crippen molar-refractivity contribution in [1.29, 1.82) is 0 Å². The van der Waals surface area contributed by atoms with E-state index in [9.17, 15) is 18.0 Å². The molecule has 0 aliphatic rings. The molecular formula is C21H21F3N4OS. The molecule has 0 radical (unpaired) electrons. The lowest BCUT2D eigenvalue weighted by Gasteiger charge is -2.14. The zero-order valence-electron chi connectivity index (χ0n) is 16.5. The van der Waals surface area contributed by atoms with Gasteiger partial charge in [0.05, 0.1) is 17.7 Å². The third-order valence-corrected chi connectivity index (χ3v) is 5.41. The number of aryl methyl sites for hydroxylation is 1. The highest BCUT2D eigenvalue weighted by Crippen LogP contribution is 2.32. The van der Waals surface area contributed by atoms with Gasteiger partial charge in [-0.15, -0.1) is 10.2 Å². The molecule has 0 saturated heterocycles. The number of aromatic nitrogens is 3. The molecule has 30 heavy (non-hydrogen) atoms. The van der Waals surface area contributed by atoms with Gasteiger partial charge in [0.1, 0.15) is 0 Å². The number of carbonyl (C=O) groups is 1. The number of nitrogens with zero attached hydrogens (tertiary/aromatic N) is 3. The molecule has 158 valence electrons. The molecule has 2 aromatic carbocycles. The highest BCUT2D eigenvalue weighted by molar-refractivity contribution is 7.99. The maximum Gasteiger partial charge on any atom is 0.417 e. The van der Waals surface area contributed by atoms with Gasteiger partial charge in [0.2, 0.25) is 0 Å². The van der Waals surface area contributed by atoms with E-state index in [-0.39, 0.29) is 6.54 Å². The van der Waals surface area contributed by atoms with E-state index in [0.29, 0.717) is 11.0 Å². The molecule has 9 heteroatoms. The standard InChI is InChI=1S/C21H21F3N4OS/c1-3-11-30-20-27-26-18(28(20)15-8-6-7-14(2)12-15)13-25-19(29)16-9-4-5-10-17(16)21(22,23)24/h4-10,12H,3,11,13H2,1-2H3,(H,25,29). The second-order valence-corrected chi connectivity index (χ2v) is 7.71. The minimum Gasteiger partial charge on any atom is -0.345 e. The number of halogens is 3. The van der Waals surface area contributed by atoms with Crippen LogP contribution >= 0.6 is 11.8 Å². The summed E-state index contributed by atoms with van der Waals surface area (Å²) in [5, 5.41) is 11.6. The normalized spacial score (nSPS) is 11.5. The summed E-state index contributed by atoms with van der Waals surface area (Å²) in [7, 11) is 0. The largest absolute Gasteiger partial charge is 0.417 e. The number of hydrogen-bond donors (Lipinski definition) is 1. The van der Waals surface area contributed by atoms with E-state index in [1.807, 2.05) is 35.8 Å². The monoisotopic (exact) mass is 434 g/mol. The van der Waals surface area contributed by atoms with Crippen LogP contribution in [-0.4, -0.2) is 26.4 Å². The van der Waals surface area contributed by atoms with Crippen molar-refractivity contribution in [2.24, 2.45) is 0 Å². The van der Waals surface area contributed by atoms with E-state index in [1.165, 1.54) is 23.9 Å². The van der Waals surface area contributed by atoms with E-state index in [4.69, 9.17) is 0 Å². The zero-order valence-corrected chi connectivity index (χ0v) is 17.3. The van der Waals surface area contributed by atoms with Crippen LogP contribution in [0.4, 0.5) is 13.2 Å². The van der Waals surface area contributed by atoms with E-state index in [1.54, 1.807) is 0 Å².